The Bertz CT molecular complexity index is 405. The molecule has 0 aromatic heterocycles. The molecule has 1 aromatic carbocycles. The maximum Gasteiger partial charge on any atom is 0.416 e. The second kappa shape index (κ2) is 4.83. The SMILES string of the molecule is O=C(CBr)c1c(F)cc(C(F)(F)F)cc1Br. The lowest BCUT2D eigenvalue weighted by Gasteiger charge is -2.10. The zero-order valence-electron chi connectivity index (χ0n) is 7.54. The van der Waals surface area contributed by atoms with Crippen LogP contribution < -0.4 is 0 Å². The fraction of sp³-hybridized carbons (Fsp3) is 0.222. The third-order valence-corrected chi connectivity index (χ3v) is 2.90. The van der Waals surface area contributed by atoms with Gasteiger partial charge in [-0.1, -0.05) is 15.9 Å². The Morgan fingerprint density at radius 2 is 1.88 bits per heavy atom. The topological polar surface area (TPSA) is 17.1 Å². The van der Waals surface area contributed by atoms with Gasteiger partial charge in [0.05, 0.1) is 16.5 Å². The molecule has 0 spiro atoms. The van der Waals surface area contributed by atoms with Crippen LogP contribution in [0.25, 0.3) is 0 Å². The molecule has 0 amide bonds. The highest BCUT2D eigenvalue weighted by atomic mass is 79.9. The van der Waals surface area contributed by atoms with Crippen molar-refractivity contribution >= 4 is 37.6 Å². The minimum absolute atomic E-state index is 0.159. The fourth-order valence-corrected chi connectivity index (χ4v) is 2.01. The molecule has 0 saturated carbocycles. The summed E-state index contributed by atoms with van der Waals surface area (Å²) in [5.41, 5.74) is -1.52. The summed E-state index contributed by atoms with van der Waals surface area (Å²) in [5.74, 6) is -1.82. The predicted molar refractivity (Wildman–Crippen MR) is 57.2 cm³/mol. The maximum atomic E-state index is 13.3. The normalized spacial score (nSPS) is 11.6. The molecule has 0 saturated heterocycles. The molecular formula is C9H4Br2F4O. The summed E-state index contributed by atoms with van der Waals surface area (Å²) in [5, 5.41) is -0.159. The van der Waals surface area contributed by atoms with Gasteiger partial charge >= 0.3 is 6.18 Å². The van der Waals surface area contributed by atoms with Gasteiger partial charge in [-0.25, -0.2) is 4.39 Å². The fourth-order valence-electron chi connectivity index (χ4n) is 1.07. The van der Waals surface area contributed by atoms with Crippen molar-refractivity contribution in [2.24, 2.45) is 0 Å². The van der Waals surface area contributed by atoms with Gasteiger partial charge in [0.25, 0.3) is 0 Å². The van der Waals surface area contributed by atoms with Crippen LogP contribution >= 0.6 is 31.9 Å². The van der Waals surface area contributed by atoms with E-state index in [9.17, 15) is 22.4 Å². The van der Waals surface area contributed by atoms with Gasteiger partial charge in [0.15, 0.2) is 5.78 Å². The van der Waals surface area contributed by atoms with Gasteiger partial charge in [0.2, 0.25) is 0 Å². The number of alkyl halides is 4. The van der Waals surface area contributed by atoms with E-state index in [-0.39, 0.29) is 15.4 Å². The van der Waals surface area contributed by atoms with E-state index in [2.05, 4.69) is 31.9 Å². The Labute approximate surface area is 105 Å². The van der Waals surface area contributed by atoms with E-state index in [4.69, 9.17) is 0 Å². The minimum Gasteiger partial charge on any atom is -0.293 e. The van der Waals surface area contributed by atoms with E-state index in [0.717, 1.165) is 0 Å². The van der Waals surface area contributed by atoms with Gasteiger partial charge in [-0.15, -0.1) is 0 Å². The van der Waals surface area contributed by atoms with E-state index in [1.807, 2.05) is 0 Å². The molecule has 0 aliphatic rings. The zero-order valence-corrected chi connectivity index (χ0v) is 10.7. The maximum absolute atomic E-state index is 13.3. The summed E-state index contributed by atoms with van der Waals surface area (Å²) >= 11 is 5.57. The van der Waals surface area contributed by atoms with E-state index in [1.54, 1.807) is 0 Å². The average molecular weight is 364 g/mol. The molecule has 0 fully saturated rings. The van der Waals surface area contributed by atoms with Crippen molar-refractivity contribution in [3.63, 3.8) is 0 Å². The molecule has 0 N–H and O–H groups in total. The minimum atomic E-state index is -4.64. The van der Waals surface area contributed by atoms with Crippen LogP contribution in [0.15, 0.2) is 16.6 Å². The number of halogens is 6. The van der Waals surface area contributed by atoms with Crippen molar-refractivity contribution < 1.29 is 22.4 Å². The zero-order chi connectivity index (χ0) is 12.5. The standard InChI is InChI=1S/C9H4Br2F4O/c10-3-7(16)8-5(11)1-4(2-6(8)12)9(13,14)15/h1-2H,3H2. The molecule has 0 aliphatic heterocycles. The Hall–Kier alpha value is -0.430. The largest absolute Gasteiger partial charge is 0.416 e. The van der Waals surface area contributed by atoms with E-state index < -0.39 is 23.3 Å². The predicted octanol–water partition coefficient (Wildman–Crippen LogP) is 4.18. The number of rotatable bonds is 2. The first kappa shape index (κ1) is 13.6. The van der Waals surface area contributed by atoms with Gasteiger partial charge in [-0.3, -0.25) is 4.79 Å². The molecule has 0 heterocycles. The van der Waals surface area contributed by atoms with Crippen molar-refractivity contribution in [3.8, 4) is 0 Å². The summed E-state index contributed by atoms with van der Waals surface area (Å²) in [4.78, 5) is 11.2. The van der Waals surface area contributed by atoms with E-state index in [1.165, 1.54) is 0 Å². The van der Waals surface area contributed by atoms with E-state index >= 15 is 0 Å². The second-order valence-corrected chi connectivity index (χ2v) is 4.28. The Morgan fingerprint density at radius 3 is 2.25 bits per heavy atom. The van der Waals surface area contributed by atoms with Gasteiger partial charge in [0.1, 0.15) is 5.82 Å². The molecule has 1 aromatic rings. The van der Waals surface area contributed by atoms with E-state index in [0.29, 0.717) is 12.1 Å². The van der Waals surface area contributed by atoms with Gasteiger partial charge < -0.3 is 0 Å². The number of benzene rings is 1. The number of hydrogen-bond acceptors (Lipinski definition) is 1. The van der Waals surface area contributed by atoms with Crippen LogP contribution in [0.2, 0.25) is 0 Å². The first-order valence-corrected chi connectivity index (χ1v) is 5.84. The number of Topliss-reactive ketones (excluding diaryl/α,β-unsaturated/α-hetero) is 1. The Morgan fingerprint density at radius 1 is 1.31 bits per heavy atom. The lowest BCUT2D eigenvalue weighted by molar-refractivity contribution is -0.137. The summed E-state index contributed by atoms with van der Waals surface area (Å²) < 4.78 is 49.9. The Balaban J connectivity index is 3.34. The molecule has 1 rings (SSSR count). The molecule has 7 heteroatoms. The molecule has 0 bridgehead atoms. The summed E-state index contributed by atoms with van der Waals surface area (Å²) in [7, 11) is 0. The molecule has 88 valence electrons. The van der Waals surface area contributed by atoms with Crippen LogP contribution in [0.4, 0.5) is 17.6 Å². The highest BCUT2D eigenvalue weighted by molar-refractivity contribution is 9.10. The number of carbonyl (C=O) groups is 1. The summed E-state index contributed by atoms with van der Waals surface area (Å²) in [6, 6.07) is 0.986. The summed E-state index contributed by atoms with van der Waals surface area (Å²) in [6.07, 6.45) is -4.64. The first-order chi connectivity index (χ1) is 7.27. The number of hydrogen-bond donors (Lipinski definition) is 0. The molecule has 0 unspecified atom stereocenters. The monoisotopic (exact) mass is 362 g/mol. The van der Waals surface area contributed by atoms with Gasteiger partial charge in [-0.2, -0.15) is 13.2 Å². The molecule has 0 atom stereocenters. The van der Waals surface area contributed by atoms with Crippen LogP contribution in [0, 0.1) is 5.82 Å². The molecule has 0 radical (unpaired) electrons. The van der Waals surface area contributed by atoms with Crippen molar-refractivity contribution in [1.29, 1.82) is 0 Å². The van der Waals surface area contributed by atoms with Crippen LogP contribution in [0.3, 0.4) is 0 Å². The number of carbonyl (C=O) groups excluding carboxylic acids is 1. The first-order valence-electron chi connectivity index (χ1n) is 3.92. The van der Waals surface area contributed by atoms with Crippen molar-refractivity contribution in [2.45, 2.75) is 6.18 Å². The molecular weight excluding hydrogens is 360 g/mol. The van der Waals surface area contributed by atoms with Gasteiger partial charge in [-0.05, 0) is 28.1 Å². The van der Waals surface area contributed by atoms with Crippen LogP contribution in [0.5, 0.6) is 0 Å². The number of ketones is 1. The van der Waals surface area contributed by atoms with Crippen LogP contribution in [-0.2, 0) is 6.18 Å². The third-order valence-electron chi connectivity index (χ3n) is 1.77. The summed E-state index contributed by atoms with van der Waals surface area (Å²) in [6.45, 7) is 0. The second-order valence-electron chi connectivity index (χ2n) is 2.87. The van der Waals surface area contributed by atoms with Gasteiger partial charge in [0, 0.05) is 4.47 Å². The quantitative estimate of drug-likeness (QED) is 0.437. The third kappa shape index (κ3) is 2.82. The smallest absolute Gasteiger partial charge is 0.293 e. The van der Waals surface area contributed by atoms with Crippen molar-refractivity contribution in [2.75, 3.05) is 5.33 Å². The molecule has 16 heavy (non-hydrogen) atoms. The highest BCUT2D eigenvalue weighted by Gasteiger charge is 2.32. The van der Waals surface area contributed by atoms with Crippen LogP contribution in [0.1, 0.15) is 15.9 Å². The highest BCUT2D eigenvalue weighted by Crippen LogP contribution is 2.33. The lowest BCUT2D eigenvalue weighted by atomic mass is 10.1. The Kier molecular flexibility index (Phi) is 4.12. The van der Waals surface area contributed by atoms with Crippen LogP contribution in [-0.4, -0.2) is 11.1 Å². The van der Waals surface area contributed by atoms with Crippen molar-refractivity contribution in [1.82, 2.24) is 0 Å². The van der Waals surface area contributed by atoms with Crippen molar-refractivity contribution in [3.05, 3.63) is 33.5 Å². The average Bonchev–Trinajstić information content (AvgIpc) is 2.14. The lowest BCUT2D eigenvalue weighted by Crippen LogP contribution is -2.10. The molecule has 0 aliphatic carbocycles. The molecule has 1 nitrogen and oxygen atoms in total.